The standard InChI is InChI=1S/C18H23N3O2/c1-12-10-14(3)21(20-12)11-13(2)19-18(22)17-16-7-5-4-6-15(16)8-9-23-17/h4-7,10,13,17H,8-9,11H2,1-3H3,(H,19,22)/t13-,17-/m1/s1. The summed E-state index contributed by atoms with van der Waals surface area (Å²) in [6.07, 6.45) is 0.351. The number of hydrogen-bond acceptors (Lipinski definition) is 3. The van der Waals surface area contributed by atoms with E-state index < -0.39 is 6.10 Å². The smallest absolute Gasteiger partial charge is 0.254 e. The van der Waals surface area contributed by atoms with Gasteiger partial charge in [0, 0.05) is 11.7 Å². The normalized spacial score (nSPS) is 18.3. The van der Waals surface area contributed by atoms with E-state index in [1.165, 1.54) is 5.56 Å². The van der Waals surface area contributed by atoms with Gasteiger partial charge in [-0.25, -0.2) is 0 Å². The van der Waals surface area contributed by atoms with Gasteiger partial charge in [0.05, 0.1) is 18.8 Å². The van der Waals surface area contributed by atoms with Gasteiger partial charge in [0.25, 0.3) is 5.91 Å². The predicted molar refractivity (Wildman–Crippen MR) is 88.1 cm³/mol. The Morgan fingerprint density at radius 1 is 1.43 bits per heavy atom. The SMILES string of the molecule is Cc1cc(C)n(C[C@@H](C)NC(=O)[C@@H]2OCCc3ccccc32)n1. The van der Waals surface area contributed by atoms with E-state index in [4.69, 9.17) is 4.74 Å². The van der Waals surface area contributed by atoms with Crippen LogP contribution in [0, 0.1) is 13.8 Å². The first-order chi connectivity index (χ1) is 11.0. The van der Waals surface area contributed by atoms with Crippen LogP contribution in [0.1, 0.15) is 35.5 Å². The molecule has 3 rings (SSSR count). The molecule has 2 aromatic rings. The molecule has 1 amide bonds. The van der Waals surface area contributed by atoms with Crippen molar-refractivity contribution in [3.63, 3.8) is 0 Å². The van der Waals surface area contributed by atoms with Crippen molar-refractivity contribution in [3.05, 3.63) is 52.8 Å². The van der Waals surface area contributed by atoms with E-state index in [0.717, 1.165) is 23.4 Å². The minimum absolute atomic E-state index is 0.0156. The number of amides is 1. The molecule has 5 nitrogen and oxygen atoms in total. The molecule has 1 aromatic heterocycles. The molecule has 122 valence electrons. The highest BCUT2D eigenvalue weighted by Crippen LogP contribution is 2.27. The zero-order valence-corrected chi connectivity index (χ0v) is 13.9. The molecule has 0 aliphatic carbocycles. The van der Waals surface area contributed by atoms with Crippen molar-refractivity contribution in [2.75, 3.05) is 6.61 Å². The van der Waals surface area contributed by atoms with E-state index in [2.05, 4.69) is 16.5 Å². The molecule has 0 spiro atoms. The Hall–Kier alpha value is -2.14. The number of nitrogens with one attached hydrogen (secondary N) is 1. The van der Waals surface area contributed by atoms with Crippen molar-refractivity contribution in [1.82, 2.24) is 15.1 Å². The van der Waals surface area contributed by atoms with E-state index in [0.29, 0.717) is 13.2 Å². The Kier molecular flexibility index (Phi) is 4.48. The van der Waals surface area contributed by atoms with Crippen LogP contribution >= 0.6 is 0 Å². The summed E-state index contributed by atoms with van der Waals surface area (Å²) in [6.45, 7) is 7.22. The van der Waals surface area contributed by atoms with Gasteiger partial charge >= 0.3 is 0 Å². The lowest BCUT2D eigenvalue weighted by atomic mass is 9.97. The maximum atomic E-state index is 12.6. The lowest BCUT2D eigenvalue weighted by Crippen LogP contribution is -2.41. The highest BCUT2D eigenvalue weighted by Gasteiger charge is 2.28. The molecule has 0 saturated heterocycles. The first-order valence-electron chi connectivity index (χ1n) is 8.05. The average Bonchev–Trinajstić information content (AvgIpc) is 2.84. The Balaban J connectivity index is 1.66. The van der Waals surface area contributed by atoms with Gasteiger partial charge in [0.2, 0.25) is 0 Å². The van der Waals surface area contributed by atoms with Crippen LogP contribution in [-0.4, -0.2) is 28.3 Å². The lowest BCUT2D eigenvalue weighted by molar-refractivity contribution is -0.134. The fourth-order valence-corrected chi connectivity index (χ4v) is 3.09. The molecule has 0 unspecified atom stereocenters. The number of carbonyl (C=O) groups is 1. The first kappa shape index (κ1) is 15.7. The van der Waals surface area contributed by atoms with Crippen LogP contribution in [0.3, 0.4) is 0 Å². The van der Waals surface area contributed by atoms with Crippen LogP contribution in [0.5, 0.6) is 0 Å². The number of benzene rings is 1. The Morgan fingerprint density at radius 2 is 2.22 bits per heavy atom. The highest BCUT2D eigenvalue weighted by atomic mass is 16.5. The number of ether oxygens (including phenoxy) is 1. The van der Waals surface area contributed by atoms with E-state index in [9.17, 15) is 4.79 Å². The average molecular weight is 313 g/mol. The molecule has 0 fully saturated rings. The van der Waals surface area contributed by atoms with Gasteiger partial charge < -0.3 is 10.1 Å². The van der Waals surface area contributed by atoms with Crippen molar-refractivity contribution in [2.24, 2.45) is 0 Å². The van der Waals surface area contributed by atoms with E-state index in [-0.39, 0.29) is 11.9 Å². The molecule has 1 aromatic carbocycles. The quantitative estimate of drug-likeness (QED) is 0.942. The Labute approximate surface area is 136 Å². The van der Waals surface area contributed by atoms with Gasteiger partial charge in [-0.05, 0) is 44.4 Å². The number of hydrogen-bond donors (Lipinski definition) is 1. The van der Waals surface area contributed by atoms with Crippen molar-refractivity contribution in [2.45, 2.75) is 45.9 Å². The molecule has 1 aliphatic rings. The van der Waals surface area contributed by atoms with Gasteiger partial charge in [-0.3, -0.25) is 9.48 Å². The zero-order chi connectivity index (χ0) is 16.4. The second-order valence-corrected chi connectivity index (χ2v) is 6.22. The summed E-state index contributed by atoms with van der Waals surface area (Å²) in [4.78, 5) is 12.6. The topological polar surface area (TPSA) is 56.2 Å². The van der Waals surface area contributed by atoms with Crippen molar-refractivity contribution >= 4 is 5.91 Å². The van der Waals surface area contributed by atoms with Gasteiger partial charge in [0.1, 0.15) is 0 Å². The molecule has 1 aliphatic heterocycles. The van der Waals surface area contributed by atoms with E-state index >= 15 is 0 Å². The summed E-state index contributed by atoms with van der Waals surface area (Å²) in [5.41, 5.74) is 4.27. The maximum absolute atomic E-state index is 12.6. The van der Waals surface area contributed by atoms with Crippen LogP contribution in [0.15, 0.2) is 30.3 Å². The number of carbonyl (C=O) groups excluding carboxylic acids is 1. The molecule has 1 N–H and O–H groups in total. The molecule has 23 heavy (non-hydrogen) atoms. The predicted octanol–water partition coefficient (Wildman–Crippen LogP) is 2.32. The van der Waals surface area contributed by atoms with Crippen LogP contribution in [-0.2, 0) is 22.5 Å². The molecular weight excluding hydrogens is 290 g/mol. The lowest BCUT2D eigenvalue weighted by Gasteiger charge is -2.26. The second-order valence-electron chi connectivity index (χ2n) is 6.22. The highest BCUT2D eigenvalue weighted by molar-refractivity contribution is 5.83. The van der Waals surface area contributed by atoms with Crippen LogP contribution in [0.4, 0.5) is 0 Å². The number of aryl methyl sites for hydroxylation is 2. The number of fused-ring (bicyclic) bond motifs is 1. The van der Waals surface area contributed by atoms with Crippen molar-refractivity contribution < 1.29 is 9.53 Å². The first-order valence-corrected chi connectivity index (χ1v) is 8.05. The van der Waals surface area contributed by atoms with Gasteiger partial charge in [0.15, 0.2) is 6.10 Å². The maximum Gasteiger partial charge on any atom is 0.254 e. The third-order valence-corrected chi connectivity index (χ3v) is 4.17. The summed E-state index contributed by atoms with van der Waals surface area (Å²) < 4.78 is 7.64. The number of rotatable bonds is 4. The molecule has 2 atom stereocenters. The number of nitrogens with zero attached hydrogens (tertiary/aromatic N) is 2. The largest absolute Gasteiger partial charge is 0.363 e. The van der Waals surface area contributed by atoms with Crippen LogP contribution in [0.2, 0.25) is 0 Å². The molecule has 2 heterocycles. The van der Waals surface area contributed by atoms with Crippen LogP contribution < -0.4 is 5.32 Å². The second kappa shape index (κ2) is 6.54. The molecular formula is C18H23N3O2. The zero-order valence-electron chi connectivity index (χ0n) is 13.9. The molecule has 0 saturated carbocycles. The summed E-state index contributed by atoms with van der Waals surface area (Å²) >= 11 is 0. The Morgan fingerprint density at radius 3 is 2.96 bits per heavy atom. The van der Waals surface area contributed by atoms with Gasteiger partial charge in [-0.15, -0.1) is 0 Å². The van der Waals surface area contributed by atoms with E-state index in [1.54, 1.807) is 0 Å². The summed E-state index contributed by atoms with van der Waals surface area (Å²) in [6, 6.07) is 10.0. The van der Waals surface area contributed by atoms with Gasteiger partial charge in [-0.2, -0.15) is 5.10 Å². The Bertz CT molecular complexity index is 708. The third-order valence-electron chi connectivity index (χ3n) is 4.17. The summed E-state index contributed by atoms with van der Waals surface area (Å²) in [5.74, 6) is -0.0776. The summed E-state index contributed by atoms with van der Waals surface area (Å²) in [7, 11) is 0. The van der Waals surface area contributed by atoms with Gasteiger partial charge in [-0.1, -0.05) is 24.3 Å². The van der Waals surface area contributed by atoms with Crippen molar-refractivity contribution in [3.8, 4) is 0 Å². The molecule has 0 radical (unpaired) electrons. The monoisotopic (exact) mass is 313 g/mol. The minimum atomic E-state index is -0.511. The van der Waals surface area contributed by atoms with Crippen molar-refractivity contribution in [1.29, 1.82) is 0 Å². The number of aromatic nitrogens is 2. The third kappa shape index (κ3) is 3.45. The molecule has 5 heteroatoms. The van der Waals surface area contributed by atoms with Crippen LogP contribution in [0.25, 0.3) is 0 Å². The molecule has 0 bridgehead atoms. The fraction of sp³-hybridized carbons (Fsp3) is 0.444. The summed E-state index contributed by atoms with van der Waals surface area (Å²) in [5, 5.41) is 7.49. The van der Waals surface area contributed by atoms with E-state index in [1.807, 2.05) is 49.7 Å². The fourth-order valence-electron chi connectivity index (χ4n) is 3.09. The minimum Gasteiger partial charge on any atom is -0.363 e.